The summed E-state index contributed by atoms with van der Waals surface area (Å²) < 4.78 is 0. The van der Waals surface area contributed by atoms with Gasteiger partial charge in [0.2, 0.25) is 11.8 Å². The van der Waals surface area contributed by atoms with Crippen LogP contribution in [0.5, 0.6) is 0 Å². The zero-order valence-corrected chi connectivity index (χ0v) is 11.4. The maximum absolute atomic E-state index is 11.9. The molecule has 1 aromatic carbocycles. The van der Waals surface area contributed by atoms with Gasteiger partial charge in [0, 0.05) is 24.9 Å². The molecule has 0 spiro atoms. The summed E-state index contributed by atoms with van der Waals surface area (Å²) in [5.41, 5.74) is 1.17. The van der Waals surface area contributed by atoms with Crippen LogP contribution in [0.25, 0.3) is 0 Å². The van der Waals surface area contributed by atoms with E-state index in [2.05, 4.69) is 5.32 Å². The molecule has 1 fully saturated rings. The fourth-order valence-electron chi connectivity index (χ4n) is 2.41. The van der Waals surface area contributed by atoms with E-state index in [-0.39, 0.29) is 30.3 Å². The Morgan fingerprint density at radius 1 is 1.37 bits per heavy atom. The quantitative estimate of drug-likeness (QED) is 0.892. The maximum Gasteiger partial charge on any atom is 0.239 e. The minimum absolute atomic E-state index is 0.0627. The van der Waals surface area contributed by atoms with Crippen molar-refractivity contribution in [3.63, 3.8) is 0 Å². The number of carbonyl (C=O) groups is 2. The topological polar surface area (TPSA) is 49.4 Å². The molecule has 1 aromatic rings. The van der Waals surface area contributed by atoms with Crippen molar-refractivity contribution in [3.05, 3.63) is 35.9 Å². The van der Waals surface area contributed by atoms with Crippen LogP contribution in [-0.2, 0) is 9.59 Å². The van der Waals surface area contributed by atoms with Gasteiger partial charge >= 0.3 is 0 Å². The van der Waals surface area contributed by atoms with E-state index in [4.69, 9.17) is 0 Å². The first kappa shape index (κ1) is 13.6. The minimum Gasteiger partial charge on any atom is -0.352 e. The third-order valence-electron chi connectivity index (χ3n) is 3.27. The molecule has 1 N–H and O–H groups in total. The number of hydrogen-bond acceptors (Lipinski definition) is 2. The lowest BCUT2D eigenvalue weighted by molar-refractivity contribution is -0.133. The zero-order chi connectivity index (χ0) is 13.8. The molecule has 1 unspecified atom stereocenters. The number of benzene rings is 1. The van der Waals surface area contributed by atoms with E-state index < -0.39 is 0 Å². The van der Waals surface area contributed by atoms with Crippen LogP contribution < -0.4 is 5.32 Å². The van der Waals surface area contributed by atoms with Crippen LogP contribution in [0.2, 0.25) is 0 Å². The van der Waals surface area contributed by atoms with Gasteiger partial charge in [0.1, 0.15) is 0 Å². The van der Waals surface area contributed by atoms with Gasteiger partial charge in [-0.3, -0.25) is 9.59 Å². The Morgan fingerprint density at radius 3 is 2.68 bits per heavy atom. The van der Waals surface area contributed by atoms with Gasteiger partial charge in [-0.2, -0.15) is 0 Å². The van der Waals surface area contributed by atoms with Gasteiger partial charge in [-0.1, -0.05) is 30.3 Å². The molecule has 1 saturated heterocycles. The summed E-state index contributed by atoms with van der Waals surface area (Å²) in [6.07, 6.45) is 0.499. The van der Waals surface area contributed by atoms with Crippen molar-refractivity contribution in [1.29, 1.82) is 0 Å². The molecule has 0 bridgehead atoms. The van der Waals surface area contributed by atoms with E-state index in [0.29, 0.717) is 13.0 Å². The molecule has 102 valence electrons. The van der Waals surface area contributed by atoms with Gasteiger partial charge in [-0.15, -0.1) is 0 Å². The third-order valence-corrected chi connectivity index (χ3v) is 3.27. The smallest absolute Gasteiger partial charge is 0.239 e. The zero-order valence-electron chi connectivity index (χ0n) is 11.4. The summed E-state index contributed by atoms with van der Waals surface area (Å²) in [7, 11) is 0. The Labute approximate surface area is 113 Å². The number of rotatable bonds is 4. The maximum atomic E-state index is 11.9. The Morgan fingerprint density at radius 2 is 2.05 bits per heavy atom. The summed E-state index contributed by atoms with van der Waals surface area (Å²) >= 11 is 0. The van der Waals surface area contributed by atoms with E-state index in [1.807, 2.05) is 44.2 Å². The van der Waals surface area contributed by atoms with Gasteiger partial charge in [-0.25, -0.2) is 0 Å². The van der Waals surface area contributed by atoms with Crippen molar-refractivity contribution in [2.24, 2.45) is 0 Å². The first-order valence-corrected chi connectivity index (χ1v) is 6.68. The summed E-state index contributed by atoms with van der Waals surface area (Å²) in [5.74, 6) is 0.186. The van der Waals surface area contributed by atoms with E-state index in [1.54, 1.807) is 4.90 Å². The summed E-state index contributed by atoms with van der Waals surface area (Å²) in [4.78, 5) is 25.3. The molecule has 1 heterocycles. The molecule has 1 aliphatic rings. The second-order valence-electron chi connectivity index (χ2n) is 5.31. The molecule has 2 amide bonds. The molecule has 4 heteroatoms. The van der Waals surface area contributed by atoms with Crippen molar-refractivity contribution in [3.8, 4) is 0 Å². The predicted molar refractivity (Wildman–Crippen MR) is 73.7 cm³/mol. The summed E-state index contributed by atoms with van der Waals surface area (Å²) in [6.45, 7) is 4.63. The lowest BCUT2D eigenvalue weighted by atomic mass is 9.99. The van der Waals surface area contributed by atoms with Crippen LogP contribution in [0.1, 0.15) is 31.7 Å². The van der Waals surface area contributed by atoms with Crippen LogP contribution in [0.4, 0.5) is 0 Å². The van der Waals surface area contributed by atoms with Gasteiger partial charge in [0.05, 0.1) is 6.54 Å². The monoisotopic (exact) mass is 260 g/mol. The van der Waals surface area contributed by atoms with E-state index in [1.165, 1.54) is 5.56 Å². The Balaban J connectivity index is 1.95. The van der Waals surface area contributed by atoms with Crippen LogP contribution in [-0.4, -0.2) is 35.8 Å². The average molecular weight is 260 g/mol. The predicted octanol–water partition coefficient (Wildman–Crippen LogP) is 1.53. The first-order valence-electron chi connectivity index (χ1n) is 6.68. The molecule has 1 aliphatic heterocycles. The largest absolute Gasteiger partial charge is 0.352 e. The van der Waals surface area contributed by atoms with Crippen molar-refractivity contribution in [2.45, 2.75) is 32.2 Å². The molecule has 0 radical (unpaired) electrons. The van der Waals surface area contributed by atoms with Crippen molar-refractivity contribution < 1.29 is 9.59 Å². The molecule has 0 aliphatic carbocycles. The number of hydrogen-bond donors (Lipinski definition) is 1. The normalized spacial score (nSPS) is 19.0. The van der Waals surface area contributed by atoms with Gasteiger partial charge in [0.25, 0.3) is 0 Å². The highest BCUT2D eigenvalue weighted by Crippen LogP contribution is 2.27. The van der Waals surface area contributed by atoms with E-state index >= 15 is 0 Å². The van der Waals surface area contributed by atoms with Crippen LogP contribution in [0, 0.1) is 0 Å². The van der Waals surface area contributed by atoms with E-state index in [9.17, 15) is 9.59 Å². The SMILES string of the molecule is CC(C)NC(=O)CN1CC(c2ccccc2)CC1=O. The number of amides is 2. The van der Waals surface area contributed by atoms with Gasteiger partial charge < -0.3 is 10.2 Å². The molecular formula is C15H20N2O2. The number of carbonyl (C=O) groups excluding carboxylic acids is 2. The molecular weight excluding hydrogens is 240 g/mol. The highest BCUT2D eigenvalue weighted by Gasteiger charge is 2.31. The molecule has 2 rings (SSSR count). The first-order chi connectivity index (χ1) is 9.06. The lowest BCUT2D eigenvalue weighted by Crippen LogP contribution is -2.40. The Kier molecular flexibility index (Phi) is 4.20. The molecule has 4 nitrogen and oxygen atoms in total. The van der Waals surface area contributed by atoms with Crippen molar-refractivity contribution >= 4 is 11.8 Å². The highest BCUT2D eigenvalue weighted by atomic mass is 16.2. The number of likely N-dealkylation sites (tertiary alicyclic amines) is 1. The summed E-state index contributed by atoms with van der Waals surface area (Å²) in [6, 6.07) is 10.1. The number of nitrogens with zero attached hydrogens (tertiary/aromatic N) is 1. The van der Waals surface area contributed by atoms with Gasteiger partial charge in [0.15, 0.2) is 0 Å². The van der Waals surface area contributed by atoms with E-state index in [0.717, 1.165) is 0 Å². The molecule has 1 atom stereocenters. The minimum atomic E-state index is -0.0861. The van der Waals surface area contributed by atoms with Crippen molar-refractivity contribution in [1.82, 2.24) is 10.2 Å². The third kappa shape index (κ3) is 3.56. The standard InChI is InChI=1S/C15H20N2O2/c1-11(2)16-14(18)10-17-9-13(8-15(17)19)12-6-4-3-5-7-12/h3-7,11,13H,8-10H2,1-2H3,(H,16,18). The lowest BCUT2D eigenvalue weighted by Gasteiger charge is -2.17. The second kappa shape index (κ2) is 5.87. The molecule has 0 aromatic heterocycles. The fourth-order valence-corrected chi connectivity index (χ4v) is 2.41. The Hall–Kier alpha value is -1.84. The summed E-state index contributed by atoms with van der Waals surface area (Å²) in [5, 5.41) is 2.81. The Bertz CT molecular complexity index is 456. The average Bonchev–Trinajstić information content (AvgIpc) is 2.71. The number of nitrogens with one attached hydrogen (secondary N) is 1. The van der Waals surface area contributed by atoms with Gasteiger partial charge in [-0.05, 0) is 19.4 Å². The molecule has 19 heavy (non-hydrogen) atoms. The van der Waals surface area contributed by atoms with Crippen LogP contribution in [0.3, 0.4) is 0 Å². The molecule has 0 saturated carbocycles. The fraction of sp³-hybridized carbons (Fsp3) is 0.467. The van der Waals surface area contributed by atoms with Crippen LogP contribution in [0.15, 0.2) is 30.3 Å². The second-order valence-corrected chi connectivity index (χ2v) is 5.31. The highest BCUT2D eigenvalue weighted by molar-refractivity contribution is 5.86. The van der Waals surface area contributed by atoms with Crippen molar-refractivity contribution in [2.75, 3.05) is 13.1 Å². The van der Waals surface area contributed by atoms with Crippen LogP contribution >= 0.6 is 0 Å².